The Labute approximate surface area is 180 Å². The Bertz CT molecular complexity index is 1040. The van der Waals surface area contributed by atoms with E-state index in [2.05, 4.69) is 20.5 Å². The summed E-state index contributed by atoms with van der Waals surface area (Å²) in [6.45, 7) is 8.59. The van der Waals surface area contributed by atoms with E-state index in [9.17, 15) is 14.0 Å². The minimum absolute atomic E-state index is 0.139. The van der Waals surface area contributed by atoms with Crippen LogP contribution in [0.3, 0.4) is 0 Å². The number of nitrogens with zero attached hydrogens (tertiary/aromatic N) is 1. The number of rotatable bonds is 6. The van der Waals surface area contributed by atoms with Gasteiger partial charge in [-0.2, -0.15) is 0 Å². The highest BCUT2D eigenvalue weighted by Gasteiger charge is 2.26. The molecule has 0 atom stereocenters. The molecule has 0 radical (unpaired) electrons. The lowest BCUT2D eigenvalue weighted by molar-refractivity contribution is -0.110. The van der Waals surface area contributed by atoms with Crippen molar-refractivity contribution in [3.05, 3.63) is 52.1 Å². The van der Waals surface area contributed by atoms with Gasteiger partial charge in [-0.05, 0) is 56.7 Å². The molecule has 7 nitrogen and oxygen atoms in total. The summed E-state index contributed by atoms with van der Waals surface area (Å²) in [7, 11) is 0. The Morgan fingerprint density at radius 3 is 2.84 bits per heavy atom. The fraction of sp³-hybridized carbons (Fsp3) is 0.391. The third-order valence-electron chi connectivity index (χ3n) is 5.80. The largest absolute Gasteiger partial charge is 0.379 e. The fourth-order valence-corrected chi connectivity index (χ4v) is 4.12. The van der Waals surface area contributed by atoms with Crippen molar-refractivity contribution in [2.75, 3.05) is 44.7 Å². The highest BCUT2D eigenvalue weighted by molar-refractivity contribution is 6.34. The molecule has 0 saturated carbocycles. The first-order valence-electron chi connectivity index (χ1n) is 10.5. The van der Waals surface area contributed by atoms with Gasteiger partial charge in [0, 0.05) is 42.3 Å². The number of morpholine rings is 1. The average molecular weight is 426 g/mol. The van der Waals surface area contributed by atoms with Crippen molar-refractivity contribution in [2.24, 2.45) is 0 Å². The Morgan fingerprint density at radius 2 is 2.06 bits per heavy atom. The van der Waals surface area contributed by atoms with Crippen LogP contribution < -0.4 is 10.6 Å². The summed E-state index contributed by atoms with van der Waals surface area (Å²) in [5, 5.41) is 5.73. The maximum absolute atomic E-state index is 13.7. The number of aromatic amines is 1. The molecule has 0 unspecified atom stereocenters. The molecule has 0 bridgehead atoms. The molecular formula is C23H27FN4O3. The maximum atomic E-state index is 13.7. The summed E-state index contributed by atoms with van der Waals surface area (Å²) in [4.78, 5) is 30.7. The van der Waals surface area contributed by atoms with Crippen LogP contribution in [0.1, 0.15) is 39.3 Å². The summed E-state index contributed by atoms with van der Waals surface area (Å²) >= 11 is 0. The number of ether oxygens (including phenoxy) is 1. The van der Waals surface area contributed by atoms with Crippen molar-refractivity contribution < 1.29 is 18.7 Å². The second kappa shape index (κ2) is 9.03. The predicted octanol–water partition coefficient (Wildman–Crippen LogP) is 2.72. The van der Waals surface area contributed by atoms with Crippen LogP contribution in [0.15, 0.2) is 18.2 Å². The van der Waals surface area contributed by atoms with Gasteiger partial charge >= 0.3 is 0 Å². The van der Waals surface area contributed by atoms with Gasteiger partial charge in [0.2, 0.25) is 0 Å². The Kier molecular flexibility index (Phi) is 6.20. The number of hydrogen-bond donors (Lipinski definition) is 3. The zero-order chi connectivity index (χ0) is 22.0. The lowest BCUT2D eigenvalue weighted by Gasteiger charge is -2.26. The summed E-state index contributed by atoms with van der Waals surface area (Å²) in [5.41, 5.74) is 4.20. The molecule has 1 aromatic heterocycles. The third-order valence-corrected chi connectivity index (χ3v) is 5.80. The molecule has 2 aliphatic rings. The van der Waals surface area contributed by atoms with Gasteiger partial charge in [0.25, 0.3) is 11.8 Å². The number of nitrogens with one attached hydrogen (secondary N) is 3. The van der Waals surface area contributed by atoms with Gasteiger partial charge in [-0.1, -0.05) is 0 Å². The third kappa shape index (κ3) is 4.55. The van der Waals surface area contributed by atoms with Crippen LogP contribution in [0.5, 0.6) is 0 Å². The molecule has 1 aromatic carbocycles. The zero-order valence-corrected chi connectivity index (χ0v) is 17.8. The lowest BCUT2D eigenvalue weighted by Crippen LogP contribution is -2.38. The SMILES string of the molecule is Cc1[nH]c(C=C2C(=O)Nc3ccc(F)cc32)c(C)c1C(=O)NCCCN1CCOCC1. The fourth-order valence-electron chi connectivity index (χ4n) is 4.12. The minimum atomic E-state index is -0.405. The molecule has 164 valence electrons. The molecule has 31 heavy (non-hydrogen) atoms. The highest BCUT2D eigenvalue weighted by atomic mass is 19.1. The minimum Gasteiger partial charge on any atom is -0.379 e. The van der Waals surface area contributed by atoms with Crippen molar-refractivity contribution in [3.63, 3.8) is 0 Å². The molecule has 2 aliphatic heterocycles. The first kappa shape index (κ1) is 21.3. The van der Waals surface area contributed by atoms with Gasteiger partial charge in [-0.15, -0.1) is 0 Å². The number of hydrogen-bond acceptors (Lipinski definition) is 4. The summed E-state index contributed by atoms with van der Waals surface area (Å²) in [5.74, 6) is -0.834. The van der Waals surface area contributed by atoms with E-state index in [1.165, 1.54) is 12.1 Å². The molecule has 0 aliphatic carbocycles. The smallest absolute Gasteiger partial charge is 0.256 e. The van der Waals surface area contributed by atoms with Crippen LogP contribution >= 0.6 is 0 Å². The van der Waals surface area contributed by atoms with E-state index in [1.54, 1.807) is 12.1 Å². The average Bonchev–Trinajstić information content (AvgIpc) is 3.21. The Balaban J connectivity index is 1.45. The standard InChI is InChI=1S/C23H27FN4O3/c1-14-20(13-18-17-12-16(24)4-5-19(17)27-22(18)29)26-15(2)21(14)23(30)25-6-3-7-28-8-10-31-11-9-28/h4-5,12-13,26H,3,6-11H2,1-2H3,(H,25,30)(H,27,29). The van der Waals surface area contributed by atoms with Crippen LogP contribution in [-0.2, 0) is 9.53 Å². The molecule has 2 amide bonds. The summed E-state index contributed by atoms with van der Waals surface area (Å²) in [6, 6.07) is 4.20. The van der Waals surface area contributed by atoms with Crippen molar-refractivity contribution >= 4 is 29.2 Å². The van der Waals surface area contributed by atoms with Crippen molar-refractivity contribution in [1.82, 2.24) is 15.2 Å². The number of fused-ring (bicyclic) bond motifs is 1. The summed E-state index contributed by atoms with van der Waals surface area (Å²) in [6.07, 6.45) is 2.55. The van der Waals surface area contributed by atoms with Crippen molar-refractivity contribution in [1.29, 1.82) is 0 Å². The van der Waals surface area contributed by atoms with Crippen LogP contribution in [-0.4, -0.2) is 61.1 Å². The van der Waals surface area contributed by atoms with Crippen LogP contribution in [0.2, 0.25) is 0 Å². The molecule has 0 spiro atoms. The molecule has 1 fully saturated rings. The second-order valence-corrected chi connectivity index (χ2v) is 7.93. The van der Waals surface area contributed by atoms with Crippen molar-refractivity contribution in [2.45, 2.75) is 20.3 Å². The summed E-state index contributed by atoms with van der Waals surface area (Å²) < 4.78 is 19.0. The van der Waals surface area contributed by atoms with E-state index in [0.717, 1.165) is 50.5 Å². The van der Waals surface area contributed by atoms with Crippen molar-refractivity contribution in [3.8, 4) is 0 Å². The second-order valence-electron chi connectivity index (χ2n) is 7.93. The van der Waals surface area contributed by atoms with Gasteiger partial charge in [0.1, 0.15) is 5.82 Å². The lowest BCUT2D eigenvalue weighted by atomic mass is 10.0. The first-order valence-corrected chi connectivity index (χ1v) is 10.5. The normalized spacial score (nSPS) is 17.6. The first-order chi connectivity index (χ1) is 14.9. The van der Waals surface area contributed by atoms with E-state index in [4.69, 9.17) is 4.74 Å². The highest BCUT2D eigenvalue weighted by Crippen LogP contribution is 2.34. The van der Waals surface area contributed by atoms with Crippen LogP contribution in [0.25, 0.3) is 11.6 Å². The zero-order valence-electron chi connectivity index (χ0n) is 17.8. The Hall–Kier alpha value is -2.97. The predicted molar refractivity (Wildman–Crippen MR) is 117 cm³/mol. The number of carbonyl (C=O) groups is 2. The monoisotopic (exact) mass is 426 g/mol. The Morgan fingerprint density at radius 1 is 1.29 bits per heavy atom. The molecular weight excluding hydrogens is 399 g/mol. The number of anilines is 1. The maximum Gasteiger partial charge on any atom is 0.256 e. The van der Waals surface area contributed by atoms with Gasteiger partial charge in [-0.25, -0.2) is 4.39 Å². The number of aryl methyl sites for hydroxylation is 1. The number of benzene rings is 1. The quantitative estimate of drug-likeness (QED) is 0.490. The van der Waals surface area contributed by atoms with Gasteiger partial charge in [0.05, 0.1) is 24.4 Å². The van der Waals surface area contributed by atoms with Gasteiger partial charge < -0.3 is 20.4 Å². The topological polar surface area (TPSA) is 86.5 Å². The number of halogens is 1. The number of H-pyrrole nitrogens is 1. The van der Waals surface area contributed by atoms with Gasteiger partial charge in [0.15, 0.2) is 0 Å². The number of amides is 2. The molecule has 3 heterocycles. The molecule has 3 N–H and O–H groups in total. The van der Waals surface area contributed by atoms with E-state index < -0.39 is 5.82 Å². The number of aromatic nitrogens is 1. The van der Waals surface area contributed by atoms with Crippen LogP contribution in [0, 0.1) is 19.7 Å². The van der Waals surface area contributed by atoms with Gasteiger partial charge in [-0.3, -0.25) is 14.5 Å². The molecule has 4 rings (SSSR count). The number of carbonyl (C=O) groups excluding carboxylic acids is 2. The molecule has 8 heteroatoms. The van der Waals surface area contributed by atoms with E-state index >= 15 is 0 Å². The molecule has 2 aromatic rings. The molecule has 1 saturated heterocycles. The van der Waals surface area contributed by atoms with Crippen LogP contribution in [0.4, 0.5) is 10.1 Å². The van der Waals surface area contributed by atoms with E-state index in [-0.39, 0.29) is 11.8 Å². The van der Waals surface area contributed by atoms with E-state index in [1.807, 2.05) is 13.8 Å². The van der Waals surface area contributed by atoms with E-state index in [0.29, 0.717) is 34.6 Å².